The van der Waals surface area contributed by atoms with Crippen LogP contribution in [0.5, 0.6) is 0 Å². The average Bonchev–Trinajstić information content (AvgIpc) is 2.80. The number of rotatable bonds is 5. The number of nitrogens with zero attached hydrogens (tertiary/aromatic N) is 5. The Balaban J connectivity index is 1.51. The number of aromatic nitrogens is 3. The lowest BCUT2D eigenvalue weighted by Crippen LogP contribution is -2.49. The average molecular weight is 452 g/mol. The lowest BCUT2D eigenvalue weighted by molar-refractivity contribution is 0.0695. The summed E-state index contributed by atoms with van der Waals surface area (Å²) >= 11 is 5.70. The van der Waals surface area contributed by atoms with E-state index in [4.69, 9.17) is 12.2 Å². The summed E-state index contributed by atoms with van der Waals surface area (Å²) in [6.07, 6.45) is 3.54. The Hall–Kier alpha value is -3.33. The summed E-state index contributed by atoms with van der Waals surface area (Å²) in [7, 11) is 0. The Morgan fingerprint density at radius 2 is 1.91 bits per heavy atom. The second-order valence-corrected chi connectivity index (χ2v) is 8.31. The number of aromatic carboxylic acids is 1. The SMILES string of the molecule is CCn1cc(C(=O)O)c(=O)c2cnc(N3CCN(C(=S)Cc4ccccc4C)CC3)nc21. The van der Waals surface area contributed by atoms with Gasteiger partial charge in [0.2, 0.25) is 11.4 Å². The topological polar surface area (TPSA) is 91.6 Å². The zero-order valence-electron chi connectivity index (χ0n) is 18.1. The molecular weight excluding hydrogens is 426 g/mol. The number of piperazine rings is 1. The summed E-state index contributed by atoms with van der Waals surface area (Å²) < 4.78 is 1.68. The van der Waals surface area contributed by atoms with Crippen LogP contribution in [0, 0.1) is 6.92 Å². The lowest BCUT2D eigenvalue weighted by atomic mass is 10.1. The minimum atomic E-state index is -1.25. The van der Waals surface area contributed by atoms with Crippen LogP contribution >= 0.6 is 12.2 Å². The molecule has 0 unspecified atom stereocenters. The van der Waals surface area contributed by atoms with E-state index in [9.17, 15) is 14.7 Å². The molecule has 3 heterocycles. The predicted octanol–water partition coefficient (Wildman–Crippen LogP) is 2.51. The molecule has 0 atom stereocenters. The van der Waals surface area contributed by atoms with E-state index in [0.29, 0.717) is 31.2 Å². The molecule has 0 saturated carbocycles. The van der Waals surface area contributed by atoms with Gasteiger partial charge in [0.25, 0.3) is 0 Å². The third-order valence-corrected chi connectivity index (χ3v) is 6.29. The van der Waals surface area contributed by atoms with Gasteiger partial charge in [-0.15, -0.1) is 0 Å². The van der Waals surface area contributed by atoms with E-state index >= 15 is 0 Å². The molecule has 2 aromatic heterocycles. The van der Waals surface area contributed by atoms with Crippen molar-refractivity contribution in [2.45, 2.75) is 26.8 Å². The molecule has 1 N–H and O–H groups in total. The molecule has 0 bridgehead atoms. The molecular formula is C23H25N5O3S. The highest BCUT2D eigenvalue weighted by atomic mass is 32.1. The Bertz CT molecular complexity index is 1250. The van der Waals surface area contributed by atoms with Crippen molar-refractivity contribution in [2.75, 3.05) is 31.1 Å². The van der Waals surface area contributed by atoms with E-state index in [0.717, 1.165) is 24.5 Å². The number of hydrogen-bond acceptors (Lipinski definition) is 6. The number of benzene rings is 1. The zero-order valence-corrected chi connectivity index (χ0v) is 18.9. The minimum Gasteiger partial charge on any atom is -0.477 e. The van der Waals surface area contributed by atoms with Crippen LogP contribution in [0.1, 0.15) is 28.4 Å². The second-order valence-electron chi connectivity index (χ2n) is 7.84. The summed E-state index contributed by atoms with van der Waals surface area (Å²) in [6.45, 7) is 7.43. The first-order valence-corrected chi connectivity index (χ1v) is 11.0. The number of pyridine rings is 1. The van der Waals surface area contributed by atoms with Gasteiger partial charge in [-0.05, 0) is 25.0 Å². The molecule has 0 aliphatic carbocycles. The fourth-order valence-corrected chi connectivity index (χ4v) is 4.29. The second kappa shape index (κ2) is 9.04. The fourth-order valence-electron chi connectivity index (χ4n) is 3.95. The molecule has 1 fully saturated rings. The first-order chi connectivity index (χ1) is 15.4. The molecule has 0 amide bonds. The maximum Gasteiger partial charge on any atom is 0.341 e. The smallest absolute Gasteiger partial charge is 0.341 e. The van der Waals surface area contributed by atoms with Crippen LogP contribution < -0.4 is 10.3 Å². The van der Waals surface area contributed by atoms with Crippen molar-refractivity contribution in [1.29, 1.82) is 0 Å². The molecule has 1 aromatic carbocycles. The number of hydrogen-bond donors (Lipinski definition) is 1. The largest absolute Gasteiger partial charge is 0.477 e. The standard InChI is InChI=1S/C23H25N5O3S/c1-3-26-14-18(22(30)31)20(29)17-13-24-23(25-21(17)26)28-10-8-27(9-11-28)19(32)12-16-7-5-4-6-15(16)2/h4-7,13-14H,3,8-12H2,1-2H3,(H,30,31). The number of carbonyl (C=O) groups is 1. The highest BCUT2D eigenvalue weighted by molar-refractivity contribution is 7.80. The van der Waals surface area contributed by atoms with Gasteiger partial charge in [0.05, 0.1) is 10.4 Å². The van der Waals surface area contributed by atoms with Crippen molar-refractivity contribution in [2.24, 2.45) is 0 Å². The Morgan fingerprint density at radius 3 is 2.56 bits per heavy atom. The van der Waals surface area contributed by atoms with Crippen molar-refractivity contribution in [1.82, 2.24) is 19.4 Å². The number of carboxylic acid groups (broad SMARTS) is 1. The number of aryl methyl sites for hydroxylation is 2. The Kier molecular flexibility index (Phi) is 6.18. The molecule has 0 spiro atoms. The molecule has 1 aliphatic rings. The van der Waals surface area contributed by atoms with Crippen LogP contribution in [0.2, 0.25) is 0 Å². The molecule has 8 nitrogen and oxygen atoms in total. The van der Waals surface area contributed by atoms with Crippen LogP contribution in [0.4, 0.5) is 5.95 Å². The quantitative estimate of drug-likeness (QED) is 0.592. The van der Waals surface area contributed by atoms with Crippen LogP contribution in [-0.4, -0.2) is 61.7 Å². The zero-order chi connectivity index (χ0) is 22.8. The van der Waals surface area contributed by atoms with Crippen molar-refractivity contribution in [3.63, 3.8) is 0 Å². The summed E-state index contributed by atoms with van der Waals surface area (Å²) in [4.78, 5) is 38.1. The highest BCUT2D eigenvalue weighted by Gasteiger charge is 2.22. The Labute approximate surface area is 191 Å². The Morgan fingerprint density at radius 1 is 1.19 bits per heavy atom. The number of thiocarbonyl (C=S) groups is 1. The molecule has 4 rings (SSSR count). The van der Waals surface area contributed by atoms with Gasteiger partial charge in [0.1, 0.15) is 11.2 Å². The maximum atomic E-state index is 12.5. The van der Waals surface area contributed by atoms with Gasteiger partial charge < -0.3 is 19.5 Å². The van der Waals surface area contributed by atoms with Gasteiger partial charge in [-0.1, -0.05) is 36.5 Å². The highest BCUT2D eigenvalue weighted by Crippen LogP contribution is 2.17. The third-order valence-electron chi connectivity index (χ3n) is 5.89. The fraction of sp³-hybridized carbons (Fsp3) is 0.348. The first kappa shape index (κ1) is 21.9. The molecule has 1 saturated heterocycles. The summed E-state index contributed by atoms with van der Waals surface area (Å²) in [6, 6.07) is 8.28. The number of fused-ring (bicyclic) bond motifs is 1. The predicted molar refractivity (Wildman–Crippen MR) is 128 cm³/mol. The monoisotopic (exact) mass is 451 g/mol. The van der Waals surface area contributed by atoms with Crippen LogP contribution in [-0.2, 0) is 13.0 Å². The van der Waals surface area contributed by atoms with Crippen LogP contribution in [0.25, 0.3) is 11.0 Å². The molecule has 0 radical (unpaired) electrons. The van der Waals surface area contributed by atoms with Crippen molar-refractivity contribution >= 4 is 40.2 Å². The van der Waals surface area contributed by atoms with Crippen molar-refractivity contribution < 1.29 is 9.90 Å². The number of anilines is 1. The summed E-state index contributed by atoms with van der Waals surface area (Å²) in [5.41, 5.74) is 2.11. The third kappa shape index (κ3) is 4.20. The normalized spacial score (nSPS) is 14.1. The van der Waals surface area contributed by atoms with E-state index in [1.807, 2.05) is 19.1 Å². The van der Waals surface area contributed by atoms with Gasteiger partial charge in [-0.2, -0.15) is 4.98 Å². The number of carboxylic acids is 1. The van der Waals surface area contributed by atoms with Crippen molar-refractivity contribution in [3.05, 3.63) is 63.6 Å². The summed E-state index contributed by atoms with van der Waals surface area (Å²) in [5, 5.41) is 9.52. The van der Waals surface area contributed by atoms with Gasteiger partial charge in [0.15, 0.2) is 0 Å². The van der Waals surface area contributed by atoms with E-state index < -0.39 is 11.4 Å². The van der Waals surface area contributed by atoms with E-state index in [2.05, 4.69) is 38.8 Å². The van der Waals surface area contributed by atoms with Crippen molar-refractivity contribution in [3.8, 4) is 0 Å². The van der Waals surface area contributed by atoms with E-state index in [1.165, 1.54) is 23.5 Å². The molecule has 3 aromatic rings. The lowest BCUT2D eigenvalue weighted by Gasteiger charge is -2.36. The van der Waals surface area contributed by atoms with E-state index in [-0.39, 0.29) is 10.9 Å². The first-order valence-electron chi connectivity index (χ1n) is 10.6. The van der Waals surface area contributed by atoms with E-state index in [1.54, 1.807) is 4.57 Å². The maximum absolute atomic E-state index is 12.5. The van der Waals surface area contributed by atoms with Crippen LogP contribution in [0.3, 0.4) is 0 Å². The molecule has 32 heavy (non-hydrogen) atoms. The van der Waals surface area contributed by atoms with Crippen LogP contribution in [0.15, 0.2) is 41.5 Å². The van der Waals surface area contributed by atoms with Gasteiger partial charge in [-0.25, -0.2) is 9.78 Å². The van der Waals surface area contributed by atoms with Gasteiger partial charge in [0, 0.05) is 51.5 Å². The minimum absolute atomic E-state index is 0.216. The molecule has 1 aliphatic heterocycles. The van der Waals surface area contributed by atoms with Gasteiger partial charge in [-0.3, -0.25) is 4.79 Å². The molecule has 9 heteroatoms. The summed E-state index contributed by atoms with van der Waals surface area (Å²) in [5.74, 6) is -0.715. The molecule has 166 valence electrons. The van der Waals surface area contributed by atoms with Gasteiger partial charge >= 0.3 is 5.97 Å².